The molecule has 1 fully saturated rings. The summed E-state index contributed by atoms with van der Waals surface area (Å²) in [5.74, 6) is 0.0792. The van der Waals surface area contributed by atoms with E-state index in [9.17, 15) is 4.79 Å². The van der Waals surface area contributed by atoms with E-state index in [2.05, 4.69) is 10.6 Å². The van der Waals surface area contributed by atoms with Gasteiger partial charge in [0.1, 0.15) is 0 Å². The second-order valence-electron chi connectivity index (χ2n) is 3.46. The number of rotatable bonds is 3. The first-order valence-electron chi connectivity index (χ1n) is 4.92. The Bertz CT molecular complexity index is 205. The van der Waals surface area contributed by atoms with E-state index in [1.807, 2.05) is 19.9 Å². The highest BCUT2D eigenvalue weighted by Crippen LogP contribution is 2.00. The Balaban J connectivity index is 2.35. The minimum absolute atomic E-state index is 0.0792. The summed E-state index contributed by atoms with van der Waals surface area (Å²) in [6.45, 7) is 5.82. The second kappa shape index (κ2) is 5.02. The van der Waals surface area contributed by atoms with Crippen LogP contribution >= 0.6 is 0 Å². The molecule has 1 atom stereocenters. The molecule has 0 radical (unpaired) electrons. The first-order chi connectivity index (χ1) is 6.24. The Labute approximate surface area is 79.6 Å². The molecule has 74 valence electrons. The van der Waals surface area contributed by atoms with Gasteiger partial charge >= 0.3 is 0 Å². The van der Waals surface area contributed by atoms with E-state index >= 15 is 0 Å². The zero-order chi connectivity index (χ0) is 9.68. The number of carbonyl (C=O) groups excluding carboxylic acids is 1. The van der Waals surface area contributed by atoms with Crippen molar-refractivity contribution in [3.8, 4) is 0 Å². The van der Waals surface area contributed by atoms with Crippen LogP contribution in [-0.2, 0) is 4.79 Å². The van der Waals surface area contributed by atoms with Gasteiger partial charge in [-0.25, -0.2) is 0 Å². The molecule has 1 heterocycles. The SMILES string of the molecule is CCC=C(C)C(=O)N[C@@H]1CCNC1. The van der Waals surface area contributed by atoms with Gasteiger partial charge in [0.2, 0.25) is 5.91 Å². The topological polar surface area (TPSA) is 41.1 Å². The Hall–Kier alpha value is -0.830. The van der Waals surface area contributed by atoms with Gasteiger partial charge in [-0.3, -0.25) is 4.79 Å². The Kier molecular flexibility index (Phi) is 3.96. The predicted molar refractivity (Wildman–Crippen MR) is 53.5 cm³/mol. The van der Waals surface area contributed by atoms with Crippen LogP contribution in [0.4, 0.5) is 0 Å². The number of carbonyl (C=O) groups is 1. The Morgan fingerprint density at radius 1 is 1.69 bits per heavy atom. The van der Waals surface area contributed by atoms with Crippen molar-refractivity contribution >= 4 is 5.91 Å². The molecule has 0 aromatic rings. The zero-order valence-electron chi connectivity index (χ0n) is 8.39. The van der Waals surface area contributed by atoms with Gasteiger partial charge < -0.3 is 10.6 Å². The van der Waals surface area contributed by atoms with Gasteiger partial charge in [-0.15, -0.1) is 0 Å². The van der Waals surface area contributed by atoms with E-state index in [0.29, 0.717) is 6.04 Å². The third-order valence-corrected chi connectivity index (χ3v) is 2.26. The highest BCUT2D eigenvalue weighted by molar-refractivity contribution is 5.92. The van der Waals surface area contributed by atoms with Gasteiger partial charge in [-0.2, -0.15) is 0 Å². The zero-order valence-corrected chi connectivity index (χ0v) is 8.39. The van der Waals surface area contributed by atoms with Gasteiger partial charge in [-0.1, -0.05) is 13.0 Å². The van der Waals surface area contributed by atoms with Crippen molar-refractivity contribution in [3.05, 3.63) is 11.6 Å². The lowest BCUT2D eigenvalue weighted by atomic mass is 10.2. The van der Waals surface area contributed by atoms with Gasteiger partial charge in [0.25, 0.3) is 0 Å². The number of nitrogens with one attached hydrogen (secondary N) is 2. The summed E-state index contributed by atoms with van der Waals surface area (Å²) >= 11 is 0. The lowest BCUT2D eigenvalue weighted by Gasteiger charge is -2.11. The molecule has 1 aliphatic heterocycles. The minimum atomic E-state index is 0.0792. The van der Waals surface area contributed by atoms with Crippen LogP contribution in [0.2, 0.25) is 0 Å². The molecular formula is C10H18N2O. The van der Waals surface area contributed by atoms with E-state index < -0.39 is 0 Å². The molecule has 0 spiro atoms. The molecule has 2 N–H and O–H groups in total. The van der Waals surface area contributed by atoms with E-state index in [0.717, 1.165) is 31.5 Å². The molecule has 0 aromatic carbocycles. The maximum absolute atomic E-state index is 11.5. The van der Waals surface area contributed by atoms with Crippen molar-refractivity contribution in [1.82, 2.24) is 10.6 Å². The van der Waals surface area contributed by atoms with Crippen molar-refractivity contribution in [1.29, 1.82) is 0 Å². The van der Waals surface area contributed by atoms with Crippen LogP contribution in [0, 0.1) is 0 Å². The number of hydrogen-bond donors (Lipinski definition) is 2. The van der Waals surface area contributed by atoms with Crippen LogP contribution in [0.15, 0.2) is 11.6 Å². The molecule has 0 bridgehead atoms. The number of amides is 1. The van der Waals surface area contributed by atoms with E-state index in [-0.39, 0.29) is 5.91 Å². The van der Waals surface area contributed by atoms with Crippen LogP contribution in [0.3, 0.4) is 0 Å². The summed E-state index contributed by atoms with van der Waals surface area (Å²) in [4.78, 5) is 11.5. The Morgan fingerprint density at radius 3 is 3.00 bits per heavy atom. The lowest BCUT2D eigenvalue weighted by Crippen LogP contribution is -2.36. The van der Waals surface area contributed by atoms with Gasteiger partial charge in [0.15, 0.2) is 0 Å². The lowest BCUT2D eigenvalue weighted by molar-refractivity contribution is -0.118. The highest BCUT2D eigenvalue weighted by Gasteiger charge is 2.16. The molecule has 0 aromatic heterocycles. The molecular weight excluding hydrogens is 164 g/mol. The minimum Gasteiger partial charge on any atom is -0.348 e. The van der Waals surface area contributed by atoms with E-state index in [1.54, 1.807) is 0 Å². The maximum atomic E-state index is 11.5. The molecule has 3 nitrogen and oxygen atoms in total. The summed E-state index contributed by atoms with van der Waals surface area (Å²) in [5.41, 5.74) is 0.828. The summed E-state index contributed by atoms with van der Waals surface area (Å²) < 4.78 is 0. The van der Waals surface area contributed by atoms with Crippen molar-refractivity contribution in [3.63, 3.8) is 0 Å². The standard InChI is InChI=1S/C10H18N2O/c1-3-4-8(2)10(13)12-9-5-6-11-7-9/h4,9,11H,3,5-7H2,1-2H3,(H,12,13)/t9-/m1/s1. The largest absolute Gasteiger partial charge is 0.348 e. The average molecular weight is 182 g/mol. The fraction of sp³-hybridized carbons (Fsp3) is 0.700. The summed E-state index contributed by atoms with van der Waals surface area (Å²) in [7, 11) is 0. The molecule has 1 amide bonds. The molecule has 1 saturated heterocycles. The molecule has 0 unspecified atom stereocenters. The molecule has 3 heteroatoms. The predicted octanol–water partition coefficient (Wildman–Crippen LogP) is 0.821. The van der Waals surface area contributed by atoms with Crippen molar-refractivity contribution in [2.45, 2.75) is 32.7 Å². The quantitative estimate of drug-likeness (QED) is 0.634. The smallest absolute Gasteiger partial charge is 0.246 e. The molecule has 0 saturated carbocycles. The van der Waals surface area contributed by atoms with Gasteiger partial charge in [0, 0.05) is 18.2 Å². The van der Waals surface area contributed by atoms with Crippen molar-refractivity contribution in [2.75, 3.05) is 13.1 Å². The number of allylic oxidation sites excluding steroid dienone is 1. The van der Waals surface area contributed by atoms with Crippen LogP contribution < -0.4 is 10.6 Å². The molecule has 1 aliphatic rings. The van der Waals surface area contributed by atoms with Crippen molar-refractivity contribution < 1.29 is 4.79 Å². The third-order valence-electron chi connectivity index (χ3n) is 2.26. The average Bonchev–Trinajstić information content (AvgIpc) is 2.57. The normalized spacial score (nSPS) is 23.2. The van der Waals surface area contributed by atoms with Crippen LogP contribution in [0.25, 0.3) is 0 Å². The fourth-order valence-corrected chi connectivity index (χ4v) is 1.48. The molecule has 0 aliphatic carbocycles. The number of hydrogen-bond acceptors (Lipinski definition) is 2. The van der Waals surface area contributed by atoms with Crippen LogP contribution in [0.1, 0.15) is 26.7 Å². The summed E-state index contributed by atoms with van der Waals surface area (Å²) in [6.07, 6.45) is 3.92. The first kappa shape index (κ1) is 10.3. The molecule has 13 heavy (non-hydrogen) atoms. The summed E-state index contributed by atoms with van der Waals surface area (Å²) in [6, 6.07) is 0.327. The van der Waals surface area contributed by atoms with Crippen LogP contribution in [-0.4, -0.2) is 25.0 Å². The Morgan fingerprint density at radius 2 is 2.46 bits per heavy atom. The first-order valence-corrected chi connectivity index (χ1v) is 4.92. The maximum Gasteiger partial charge on any atom is 0.246 e. The van der Waals surface area contributed by atoms with E-state index in [4.69, 9.17) is 0 Å². The fourth-order valence-electron chi connectivity index (χ4n) is 1.48. The van der Waals surface area contributed by atoms with Gasteiger partial charge in [-0.05, 0) is 26.3 Å². The monoisotopic (exact) mass is 182 g/mol. The van der Waals surface area contributed by atoms with Crippen LogP contribution in [0.5, 0.6) is 0 Å². The summed E-state index contributed by atoms with van der Waals surface area (Å²) in [5, 5.41) is 6.21. The van der Waals surface area contributed by atoms with Crippen molar-refractivity contribution in [2.24, 2.45) is 0 Å². The molecule has 1 rings (SSSR count). The second-order valence-corrected chi connectivity index (χ2v) is 3.46. The van der Waals surface area contributed by atoms with E-state index in [1.165, 1.54) is 0 Å². The highest BCUT2D eigenvalue weighted by atomic mass is 16.1. The third kappa shape index (κ3) is 3.19. The van der Waals surface area contributed by atoms with Gasteiger partial charge in [0.05, 0.1) is 0 Å².